The second kappa shape index (κ2) is 8.49. The van der Waals surface area contributed by atoms with E-state index in [0.29, 0.717) is 16.7 Å². The molecule has 0 unspecified atom stereocenters. The number of carbonyl (C=O) groups is 3. The summed E-state index contributed by atoms with van der Waals surface area (Å²) in [5.74, 6) is -1.33. The van der Waals surface area contributed by atoms with E-state index in [-0.39, 0.29) is 12.2 Å². The molecule has 0 aliphatic carbocycles. The Balaban J connectivity index is 2.14. The number of aliphatic carboxylic acids is 1. The van der Waals surface area contributed by atoms with Crippen LogP contribution < -0.4 is 5.32 Å². The lowest BCUT2D eigenvalue weighted by Gasteiger charge is -2.22. The fourth-order valence-corrected chi connectivity index (χ4v) is 2.48. The van der Waals surface area contributed by atoms with Crippen molar-refractivity contribution < 1.29 is 24.2 Å². The number of carboxylic acids is 1. The second-order valence-electron chi connectivity index (χ2n) is 7.14. The van der Waals surface area contributed by atoms with Gasteiger partial charge in [-0.05, 0) is 32.4 Å². The maximum atomic E-state index is 12.5. The van der Waals surface area contributed by atoms with Gasteiger partial charge in [0.1, 0.15) is 11.6 Å². The van der Waals surface area contributed by atoms with Crippen molar-refractivity contribution in [2.24, 2.45) is 0 Å². The molecule has 6 nitrogen and oxygen atoms in total. The first-order valence-corrected chi connectivity index (χ1v) is 8.57. The van der Waals surface area contributed by atoms with Gasteiger partial charge in [0, 0.05) is 17.5 Å². The Kier molecular flexibility index (Phi) is 6.34. The molecule has 2 aromatic carbocycles. The van der Waals surface area contributed by atoms with Crippen LogP contribution in [0.5, 0.6) is 0 Å². The van der Waals surface area contributed by atoms with Gasteiger partial charge in [-0.25, -0.2) is 9.59 Å². The number of ketones is 1. The van der Waals surface area contributed by atoms with Crippen LogP contribution in [0.2, 0.25) is 0 Å². The highest BCUT2D eigenvalue weighted by atomic mass is 16.6. The van der Waals surface area contributed by atoms with E-state index in [1.54, 1.807) is 69.3 Å². The second-order valence-corrected chi connectivity index (χ2v) is 7.14. The van der Waals surface area contributed by atoms with Gasteiger partial charge in [-0.2, -0.15) is 0 Å². The summed E-state index contributed by atoms with van der Waals surface area (Å²) in [5.41, 5.74) is 0.909. The summed E-state index contributed by atoms with van der Waals surface area (Å²) in [5, 5.41) is 11.8. The fraction of sp³-hybridized carbons (Fsp3) is 0.286. The van der Waals surface area contributed by atoms with Gasteiger partial charge in [0.2, 0.25) is 0 Å². The summed E-state index contributed by atoms with van der Waals surface area (Å²) in [6.45, 7) is 5.09. The van der Waals surface area contributed by atoms with E-state index in [1.165, 1.54) is 0 Å². The van der Waals surface area contributed by atoms with Crippen LogP contribution in [0.1, 0.15) is 42.3 Å². The minimum absolute atomic E-state index is 0.0322. The van der Waals surface area contributed by atoms with E-state index < -0.39 is 23.7 Å². The molecule has 0 radical (unpaired) electrons. The molecule has 0 saturated heterocycles. The minimum atomic E-state index is -1.18. The average molecular weight is 369 g/mol. The molecular weight excluding hydrogens is 346 g/mol. The Labute approximate surface area is 158 Å². The van der Waals surface area contributed by atoms with Gasteiger partial charge < -0.3 is 15.2 Å². The predicted octanol–water partition coefficient (Wildman–Crippen LogP) is 3.44. The number of nitrogens with one attached hydrogen (secondary N) is 1. The lowest BCUT2D eigenvalue weighted by atomic mass is 9.98. The molecule has 2 N–H and O–H groups in total. The third kappa shape index (κ3) is 6.26. The summed E-state index contributed by atoms with van der Waals surface area (Å²) in [6, 6.07) is 14.4. The van der Waals surface area contributed by atoms with Crippen LogP contribution in [0.15, 0.2) is 54.6 Å². The molecule has 2 rings (SSSR count). The van der Waals surface area contributed by atoms with Crippen molar-refractivity contribution in [1.29, 1.82) is 0 Å². The molecule has 1 atom stereocenters. The monoisotopic (exact) mass is 369 g/mol. The molecule has 0 spiro atoms. The highest BCUT2D eigenvalue weighted by Gasteiger charge is 2.24. The van der Waals surface area contributed by atoms with Gasteiger partial charge >= 0.3 is 12.1 Å². The average Bonchev–Trinajstić information content (AvgIpc) is 2.60. The number of alkyl carbamates (subject to hydrolysis) is 1. The lowest BCUT2D eigenvalue weighted by molar-refractivity contribution is -0.139. The molecule has 142 valence electrons. The van der Waals surface area contributed by atoms with E-state index in [0.717, 1.165) is 0 Å². The van der Waals surface area contributed by atoms with Gasteiger partial charge in [-0.3, -0.25) is 4.79 Å². The zero-order chi connectivity index (χ0) is 20.0. The summed E-state index contributed by atoms with van der Waals surface area (Å²) >= 11 is 0. The maximum absolute atomic E-state index is 12.5. The Morgan fingerprint density at radius 2 is 1.63 bits per heavy atom. The first kappa shape index (κ1) is 20.2. The molecule has 2 aromatic rings. The molecule has 0 aliphatic rings. The zero-order valence-corrected chi connectivity index (χ0v) is 15.6. The first-order valence-electron chi connectivity index (χ1n) is 8.57. The summed E-state index contributed by atoms with van der Waals surface area (Å²) < 4.78 is 5.11. The van der Waals surface area contributed by atoms with Crippen LogP contribution >= 0.6 is 0 Å². The topological polar surface area (TPSA) is 92.7 Å². The van der Waals surface area contributed by atoms with Crippen molar-refractivity contribution in [3.8, 4) is 0 Å². The van der Waals surface area contributed by atoms with Crippen molar-refractivity contribution in [1.82, 2.24) is 5.32 Å². The smallest absolute Gasteiger partial charge is 0.408 e. The lowest BCUT2D eigenvalue weighted by Crippen LogP contribution is -2.44. The minimum Gasteiger partial charge on any atom is -0.480 e. The van der Waals surface area contributed by atoms with E-state index in [2.05, 4.69) is 5.32 Å². The number of ether oxygens (including phenoxy) is 1. The van der Waals surface area contributed by atoms with E-state index in [4.69, 9.17) is 4.74 Å². The Morgan fingerprint density at radius 3 is 2.22 bits per heavy atom. The SMILES string of the molecule is CC(C)(C)OC(=O)N[C@@H](Cc1cccc(C(=O)c2ccccc2)c1)C(=O)O. The molecule has 0 saturated carbocycles. The first-order chi connectivity index (χ1) is 12.7. The van der Waals surface area contributed by atoms with E-state index >= 15 is 0 Å². The molecule has 1 amide bonds. The highest BCUT2D eigenvalue weighted by molar-refractivity contribution is 6.09. The Morgan fingerprint density at radius 1 is 1.00 bits per heavy atom. The molecule has 27 heavy (non-hydrogen) atoms. The number of rotatable bonds is 6. The van der Waals surface area contributed by atoms with Crippen LogP contribution in [0, 0.1) is 0 Å². The van der Waals surface area contributed by atoms with Crippen molar-refractivity contribution in [2.45, 2.75) is 38.8 Å². The van der Waals surface area contributed by atoms with Crippen LogP contribution in [0.4, 0.5) is 4.79 Å². The number of carbonyl (C=O) groups excluding carboxylic acids is 2. The molecule has 0 aliphatic heterocycles. The molecule has 0 heterocycles. The van der Waals surface area contributed by atoms with Crippen molar-refractivity contribution in [3.05, 3.63) is 71.3 Å². The van der Waals surface area contributed by atoms with Crippen molar-refractivity contribution in [3.63, 3.8) is 0 Å². The van der Waals surface area contributed by atoms with E-state index in [1.807, 2.05) is 6.07 Å². The number of hydrogen-bond donors (Lipinski definition) is 2. The van der Waals surface area contributed by atoms with Gasteiger partial charge in [0.05, 0.1) is 0 Å². The van der Waals surface area contributed by atoms with Gasteiger partial charge in [0.25, 0.3) is 0 Å². The fourth-order valence-electron chi connectivity index (χ4n) is 2.48. The standard InChI is InChI=1S/C21H23NO5/c1-21(2,3)27-20(26)22-17(19(24)25)13-14-8-7-11-16(12-14)18(23)15-9-5-4-6-10-15/h4-12,17H,13H2,1-3H3,(H,22,26)(H,24,25)/t17-/m0/s1. The number of benzene rings is 2. The van der Waals surface area contributed by atoms with Crippen LogP contribution in [-0.2, 0) is 16.0 Å². The third-order valence-corrected chi connectivity index (χ3v) is 3.65. The maximum Gasteiger partial charge on any atom is 0.408 e. The summed E-state index contributed by atoms with van der Waals surface area (Å²) in [6.07, 6.45) is -0.767. The largest absolute Gasteiger partial charge is 0.480 e. The molecule has 0 bridgehead atoms. The van der Waals surface area contributed by atoms with Gasteiger partial charge in [-0.15, -0.1) is 0 Å². The number of amides is 1. The quantitative estimate of drug-likeness (QED) is 0.761. The van der Waals surface area contributed by atoms with E-state index in [9.17, 15) is 19.5 Å². The Hall–Kier alpha value is -3.15. The van der Waals surface area contributed by atoms with Crippen molar-refractivity contribution >= 4 is 17.8 Å². The number of hydrogen-bond acceptors (Lipinski definition) is 4. The van der Waals surface area contributed by atoms with Crippen LogP contribution in [0.3, 0.4) is 0 Å². The Bertz CT molecular complexity index is 824. The molecular formula is C21H23NO5. The molecule has 0 aromatic heterocycles. The van der Waals surface area contributed by atoms with Crippen molar-refractivity contribution in [2.75, 3.05) is 0 Å². The van der Waals surface area contributed by atoms with Gasteiger partial charge in [0.15, 0.2) is 5.78 Å². The zero-order valence-electron chi connectivity index (χ0n) is 15.6. The van der Waals surface area contributed by atoms with Gasteiger partial charge in [-0.1, -0.05) is 48.5 Å². The third-order valence-electron chi connectivity index (χ3n) is 3.65. The predicted molar refractivity (Wildman–Crippen MR) is 101 cm³/mol. The van der Waals surface area contributed by atoms with Crippen LogP contribution in [-0.4, -0.2) is 34.6 Å². The van der Waals surface area contributed by atoms with Crippen LogP contribution in [0.25, 0.3) is 0 Å². The normalized spacial score (nSPS) is 12.1. The number of carboxylic acid groups (broad SMARTS) is 1. The molecule has 6 heteroatoms. The summed E-state index contributed by atoms with van der Waals surface area (Å²) in [4.78, 5) is 35.9. The highest BCUT2D eigenvalue weighted by Crippen LogP contribution is 2.14. The molecule has 0 fully saturated rings. The summed E-state index contributed by atoms with van der Waals surface area (Å²) in [7, 11) is 0.